The van der Waals surface area contributed by atoms with Crippen molar-refractivity contribution in [2.75, 3.05) is 13.2 Å². The molecular weight excluding hydrogens is 510 g/mol. The van der Waals surface area contributed by atoms with E-state index in [0.717, 1.165) is 35.4 Å². The number of alkyl halides is 6. The number of rotatable bonds is 5. The molecule has 1 aromatic carbocycles. The quantitative estimate of drug-likeness (QED) is 0.483. The second kappa shape index (κ2) is 11.4. The standard InChI is InChI=1S/C21H19F3N4O2.C2HF3O2/c22-21(23,24)16-6-7-17(25-10-16)20(29)26-11-18-19-15(8-9-30-18)13-28(27-19)12-14-4-2-1-3-5-14;3-2(4,5)1(6)7/h1-7,10,13,18H,8-9,11-12H2,(H,26,29);(H,6,7). The van der Waals surface area contributed by atoms with Gasteiger partial charge in [0.25, 0.3) is 5.91 Å². The van der Waals surface area contributed by atoms with Crippen molar-refractivity contribution in [2.45, 2.75) is 31.4 Å². The third-order valence-electron chi connectivity index (χ3n) is 5.07. The Morgan fingerprint density at radius 3 is 2.32 bits per heavy atom. The minimum Gasteiger partial charge on any atom is -0.475 e. The molecule has 1 aliphatic heterocycles. The van der Waals surface area contributed by atoms with Crippen LogP contribution in [0.4, 0.5) is 26.3 Å². The number of hydrogen-bond acceptors (Lipinski definition) is 5. The SMILES string of the molecule is O=C(NCC1OCCc2cn(Cc3ccccc3)nc21)c1ccc(C(F)(F)F)cn1.O=C(O)C(F)(F)F. The first-order valence-corrected chi connectivity index (χ1v) is 10.7. The summed E-state index contributed by atoms with van der Waals surface area (Å²) in [5.74, 6) is -3.32. The number of fused-ring (bicyclic) bond motifs is 1. The van der Waals surface area contributed by atoms with Crippen LogP contribution in [0, 0.1) is 0 Å². The molecule has 8 nitrogen and oxygen atoms in total. The lowest BCUT2D eigenvalue weighted by Crippen LogP contribution is -2.32. The van der Waals surface area contributed by atoms with E-state index in [0.29, 0.717) is 19.3 Å². The molecule has 1 unspecified atom stereocenters. The van der Waals surface area contributed by atoms with Crippen molar-refractivity contribution in [1.82, 2.24) is 20.1 Å². The Morgan fingerprint density at radius 1 is 1.08 bits per heavy atom. The third kappa shape index (κ3) is 7.77. The second-order valence-electron chi connectivity index (χ2n) is 7.77. The normalized spacial score (nSPS) is 15.2. The van der Waals surface area contributed by atoms with Gasteiger partial charge in [-0.1, -0.05) is 30.3 Å². The molecule has 4 rings (SSSR count). The summed E-state index contributed by atoms with van der Waals surface area (Å²) in [6.45, 7) is 1.28. The molecule has 0 saturated heterocycles. The molecule has 1 atom stereocenters. The van der Waals surface area contributed by atoms with Crippen molar-refractivity contribution in [3.8, 4) is 0 Å². The highest BCUT2D eigenvalue weighted by molar-refractivity contribution is 5.92. The molecule has 0 spiro atoms. The van der Waals surface area contributed by atoms with Crippen LogP contribution in [0.25, 0.3) is 0 Å². The van der Waals surface area contributed by atoms with Crippen molar-refractivity contribution >= 4 is 11.9 Å². The van der Waals surface area contributed by atoms with Crippen molar-refractivity contribution in [3.05, 3.63) is 82.9 Å². The van der Waals surface area contributed by atoms with E-state index >= 15 is 0 Å². The maximum absolute atomic E-state index is 12.6. The predicted molar refractivity (Wildman–Crippen MR) is 115 cm³/mol. The predicted octanol–water partition coefficient (Wildman–Crippen LogP) is 4.02. The average molecular weight is 530 g/mol. The number of ether oxygens (including phenoxy) is 1. The van der Waals surface area contributed by atoms with E-state index in [1.165, 1.54) is 0 Å². The molecule has 3 heterocycles. The molecule has 2 N–H and O–H groups in total. The highest BCUT2D eigenvalue weighted by Gasteiger charge is 2.38. The Balaban J connectivity index is 0.000000479. The minimum absolute atomic E-state index is 0.0892. The van der Waals surface area contributed by atoms with Crippen molar-refractivity contribution < 1.29 is 45.8 Å². The highest BCUT2D eigenvalue weighted by atomic mass is 19.4. The van der Waals surface area contributed by atoms with Gasteiger partial charge in [0.15, 0.2) is 0 Å². The summed E-state index contributed by atoms with van der Waals surface area (Å²) < 4.78 is 77.2. The van der Waals surface area contributed by atoms with Crippen LogP contribution in [0.1, 0.15) is 39.0 Å². The fraction of sp³-hybridized carbons (Fsp3) is 0.304. The Bertz CT molecular complexity index is 1210. The van der Waals surface area contributed by atoms with Gasteiger partial charge in [-0.15, -0.1) is 0 Å². The molecule has 14 heteroatoms. The monoisotopic (exact) mass is 530 g/mol. The minimum atomic E-state index is -5.08. The van der Waals surface area contributed by atoms with Crippen LogP contribution in [0.2, 0.25) is 0 Å². The zero-order chi connectivity index (χ0) is 27.2. The Labute approximate surface area is 205 Å². The topological polar surface area (TPSA) is 106 Å². The molecule has 37 heavy (non-hydrogen) atoms. The number of benzene rings is 1. The lowest BCUT2D eigenvalue weighted by atomic mass is 10.1. The average Bonchev–Trinajstić information content (AvgIpc) is 3.25. The van der Waals surface area contributed by atoms with Gasteiger partial charge >= 0.3 is 18.3 Å². The van der Waals surface area contributed by atoms with Gasteiger partial charge in [-0.3, -0.25) is 14.5 Å². The van der Waals surface area contributed by atoms with Gasteiger partial charge in [-0.05, 0) is 29.7 Å². The number of pyridine rings is 1. The molecule has 0 bridgehead atoms. The number of carbonyl (C=O) groups excluding carboxylic acids is 1. The lowest BCUT2D eigenvalue weighted by Gasteiger charge is -2.22. The first kappa shape index (κ1) is 27.6. The van der Waals surface area contributed by atoms with Gasteiger partial charge < -0.3 is 15.2 Å². The number of nitrogens with one attached hydrogen (secondary N) is 1. The van der Waals surface area contributed by atoms with Crippen molar-refractivity contribution in [1.29, 1.82) is 0 Å². The number of aliphatic carboxylic acids is 1. The lowest BCUT2D eigenvalue weighted by molar-refractivity contribution is -0.192. The van der Waals surface area contributed by atoms with Crippen molar-refractivity contribution in [2.24, 2.45) is 0 Å². The summed E-state index contributed by atoms with van der Waals surface area (Å²) in [5.41, 5.74) is 1.95. The second-order valence-corrected chi connectivity index (χ2v) is 7.77. The number of hydrogen-bond donors (Lipinski definition) is 2. The van der Waals surface area contributed by atoms with E-state index in [2.05, 4.69) is 15.4 Å². The van der Waals surface area contributed by atoms with E-state index in [4.69, 9.17) is 14.6 Å². The Kier molecular flexibility index (Phi) is 8.53. The van der Waals surface area contributed by atoms with Gasteiger partial charge in [0.2, 0.25) is 0 Å². The summed E-state index contributed by atoms with van der Waals surface area (Å²) >= 11 is 0. The summed E-state index contributed by atoms with van der Waals surface area (Å²) in [5, 5.41) is 14.4. The summed E-state index contributed by atoms with van der Waals surface area (Å²) in [6.07, 6.45) is -6.64. The number of carbonyl (C=O) groups is 2. The first-order chi connectivity index (χ1) is 17.3. The van der Waals surface area contributed by atoms with Gasteiger partial charge in [-0.25, -0.2) is 4.79 Å². The number of amides is 1. The van der Waals surface area contributed by atoms with E-state index in [9.17, 15) is 31.1 Å². The smallest absolute Gasteiger partial charge is 0.475 e. The zero-order valence-corrected chi connectivity index (χ0v) is 18.9. The molecule has 2 aromatic heterocycles. The first-order valence-electron chi connectivity index (χ1n) is 10.7. The van der Waals surface area contributed by atoms with Crippen LogP contribution < -0.4 is 5.32 Å². The number of nitrogens with zero attached hydrogens (tertiary/aromatic N) is 3. The van der Waals surface area contributed by atoms with Gasteiger partial charge in [0, 0.05) is 18.9 Å². The van der Waals surface area contributed by atoms with Crippen LogP contribution in [0.5, 0.6) is 0 Å². The van der Waals surface area contributed by atoms with E-state index in [1.807, 2.05) is 41.2 Å². The third-order valence-corrected chi connectivity index (χ3v) is 5.07. The van der Waals surface area contributed by atoms with Crippen LogP contribution in [-0.2, 0) is 28.7 Å². The summed E-state index contributed by atoms with van der Waals surface area (Å²) in [7, 11) is 0. The fourth-order valence-corrected chi connectivity index (χ4v) is 3.31. The highest BCUT2D eigenvalue weighted by Crippen LogP contribution is 2.28. The van der Waals surface area contributed by atoms with Gasteiger partial charge in [-0.2, -0.15) is 31.4 Å². The molecular formula is C23H20F6N4O4. The Hall–Kier alpha value is -3.94. The molecule has 198 valence electrons. The summed E-state index contributed by atoms with van der Waals surface area (Å²) in [4.78, 5) is 24.8. The largest absolute Gasteiger partial charge is 0.490 e. The number of aromatic nitrogens is 3. The maximum Gasteiger partial charge on any atom is 0.490 e. The molecule has 0 fully saturated rings. The van der Waals surface area contributed by atoms with E-state index in [-0.39, 0.29) is 12.2 Å². The molecule has 0 aliphatic carbocycles. The van der Waals surface area contributed by atoms with Gasteiger partial charge in [0.1, 0.15) is 11.8 Å². The molecule has 1 amide bonds. The Morgan fingerprint density at radius 2 is 1.76 bits per heavy atom. The summed E-state index contributed by atoms with van der Waals surface area (Å²) in [6, 6.07) is 11.8. The zero-order valence-electron chi connectivity index (χ0n) is 18.9. The number of carboxylic acids is 1. The van der Waals surface area contributed by atoms with Crippen LogP contribution in [-0.4, -0.2) is 51.1 Å². The van der Waals surface area contributed by atoms with Crippen molar-refractivity contribution in [3.63, 3.8) is 0 Å². The maximum atomic E-state index is 12.6. The number of carboxylic acid groups (broad SMARTS) is 1. The number of halogens is 6. The van der Waals surface area contributed by atoms with Gasteiger partial charge in [0.05, 0.1) is 24.4 Å². The molecule has 0 radical (unpaired) electrons. The van der Waals surface area contributed by atoms with E-state index < -0.39 is 35.9 Å². The molecule has 0 saturated carbocycles. The van der Waals surface area contributed by atoms with E-state index in [1.54, 1.807) is 0 Å². The fourth-order valence-electron chi connectivity index (χ4n) is 3.31. The van der Waals surface area contributed by atoms with Crippen LogP contribution in [0.3, 0.4) is 0 Å². The van der Waals surface area contributed by atoms with Crippen LogP contribution >= 0.6 is 0 Å². The molecule has 3 aromatic rings. The van der Waals surface area contributed by atoms with Crippen LogP contribution in [0.15, 0.2) is 54.9 Å². The molecule has 1 aliphatic rings.